The number of rotatable bonds is 3. The molecule has 2 amide bonds. The van der Waals surface area contributed by atoms with Gasteiger partial charge in [-0.3, -0.25) is 9.59 Å². The Morgan fingerprint density at radius 1 is 1.16 bits per heavy atom. The number of amides is 2. The molecule has 0 spiro atoms. The SMILES string of the molecule is CC(=O)N(C)c1ccc(NC(=O)c2cccs2)cc1. The van der Waals surface area contributed by atoms with Gasteiger partial charge in [-0.25, -0.2) is 0 Å². The Kier molecular flexibility index (Phi) is 3.97. The summed E-state index contributed by atoms with van der Waals surface area (Å²) in [6, 6.07) is 10.8. The Labute approximate surface area is 115 Å². The molecule has 0 saturated heterocycles. The molecule has 0 radical (unpaired) electrons. The van der Waals surface area contributed by atoms with E-state index in [1.54, 1.807) is 42.3 Å². The van der Waals surface area contributed by atoms with Crippen LogP contribution in [0.15, 0.2) is 41.8 Å². The zero-order chi connectivity index (χ0) is 13.8. The van der Waals surface area contributed by atoms with Crippen LogP contribution in [0.1, 0.15) is 16.6 Å². The minimum atomic E-state index is -0.123. The highest BCUT2D eigenvalue weighted by Crippen LogP contribution is 2.18. The van der Waals surface area contributed by atoms with Crippen LogP contribution in [0.2, 0.25) is 0 Å². The fraction of sp³-hybridized carbons (Fsp3) is 0.143. The van der Waals surface area contributed by atoms with Crippen LogP contribution in [-0.2, 0) is 4.79 Å². The molecule has 1 heterocycles. The lowest BCUT2D eigenvalue weighted by atomic mass is 10.2. The number of carbonyl (C=O) groups excluding carboxylic acids is 2. The lowest BCUT2D eigenvalue weighted by Crippen LogP contribution is -2.22. The van der Waals surface area contributed by atoms with E-state index in [4.69, 9.17) is 0 Å². The normalized spacial score (nSPS) is 10.0. The van der Waals surface area contributed by atoms with Gasteiger partial charge in [0.1, 0.15) is 0 Å². The summed E-state index contributed by atoms with van der Waals surface area (Å²) in [6.45, 7) is 1.51. The molecule has 1 N–H and O–H groups in total. The highest BCUT2D eigenvalue weighted by molar-refractivity contribution is 7.12. The molecule has 0 aliphatic rings. The van der Waals surface area contributed by atoms with Crippen molar-refractivity contribution in [3.63, 3.8) is 0 Å². The summed E-state index contributed by atoms with van der Waals surface area (Å²) in [5.41, 5.74) is 1.50. The molecule has 2 rings (SSSR count). The van der Waals surface area contributed by atoms with Crippen LogP contribution in [0.25, 0.3) is 0 Å². The lowest BCUT2D eigenvalue weighted by Gasteiger charge is -2.15. The van der Waals surface area contributed by atoms with Gasteiger partial charge in [-0.2, -0.15) is 0 Å². The van der Waals surface area contributed by atoms with E-state index >= 15 is 0 Å². The summed E-state index contributed by atoms with van der Waals surface area (Å²) in [7, 11) is 1.71. The van der Waals surface area contributed by atoms with E-state index in [1.807, 2.05) is 11.4 Å². The van der Waals surface area contributed by atoms with Gasteiger partial charge in [-0.05, 0) is 35.7 Å². The molecule has 1 aromatic carbocycles. The zero-order valence-corrected chi connectivity index (χ0v) is 11.5. The Morgan fingerprint density at radius 3 is 2.37 bits per heavy atom. The van der Waals surface area contributed by atoms with E-state index in [0.717, 1.165) is 5.69 Å². The van der Waals surface area contributed by atoms with Crippen molar-refractivity contribution in [1.82, 2.24) is 0 Å². The lowest BCUT2D eigenvalue weighted by molar-refractivity contribution is -0.116. The van der Waals surface area contributed by atoms with E-state index in [1.165, 1.54) is 18.3 Å². The number of thiophene rings is 1. The number of nitrogens with zero attached hydrogens (tertiary/aromatic N) is 1. The van der Waals surface area contributed by atoms with E-state index in [-0.39, 0.29) is 11.8 Å². The third-order valence-corrected chi connectivity index (χ3v) is 3.60. The first kappa shape index (κ1) is 13.3. The monoisotopic (exact) mass is 274 g/mol. The van der Waals surface area contributed by atoms with E-state index < -0.39 is 0 Å². The maximum Gasteiger partial charge on any atom is 0.265 e. The number of carbonyl (C=O) groups is 2. The first-order valence-electron chi connectivity index (χ1n) is 5.77. The number of hydrogen-bond acceptors (Lipinski definition) is 3. The Hall–Kier alpha value is -2.14. The van der Waals surface area contributed by atoms with Gasteiger partial charge in [0.15, 0.2) is 0 Å². The third-order valence-electron chi connectivity index (χ3n) is 2.73. The van der Waals surface area contributed by atoms with Crippen LogP contribution < -0.4 is 10.2 Å². The van der Waals surface area contributed by atoms with E-state index in [0.29, 0.717) is 10.6 Å². The molecule has 0 aliphatic carbocycles. The van der Waals surface area contributed by atoms with Crippen LogP contribution >= 0.6 is 11.3 Å². The van der Waals surface area contributed by atoms with Crippen molar-refractivity contribution in [2.45, 2.75) is 6.92 Å². The van der Waals surface area contributed by atoms with Crippen LogP contribution in [0.3, 0.4) is 0 Å². The standard InChI is InChI=1S/C14H14N2O2S/c1-10(17)16(2)12-7-5-11(6-8-12)15-14(18)13-4-3-9-19-13/h3-9H,1-2H3,(H,15,18). The molecular weight excluding hydrogens is 260 g/mol. The average molecular weight is 274 g/mol. The smallest absolute Gasteiger partial charge is 0.265 e. The quantitative estimate of drug-likeness (QED) is 0.935. The second-order valence-electron chi connectivity index (χ2n) is 4.06. The van der Waals surface area contributed by atoms with Crippen LogP contribution in [0.4, 0.5) is 11.4 Å². The second kappa shape index (κ2) is 5.67. The fourth-order valence-corrected chi connectivity index (χ4v) is 2.17. The van der Waals surface area contributed by atoms with Crippen LogP contribution in [0.5, 0.6) is 0 Å². The Bertz CT molecular complexity index is 576. The van der Waals surface area contributed by atoms with Gasteiger partial charge in [0, 0.05) is 25.3 Å². The summed E-state index contributed by atoms with van der Waals surface area (Å²) >= 11 is 1.40. The maximum absolute atomic E-state index is 11.8. The van der Waals surface area contributed by atoms with Gasteiger partial charge in [0.05, 0.1) is 4.88 Å². The molecule has 0 fully saturated rings. The van der Waals surface area contributed by atoms with E-state index in [2.05, 4.69) is 5.32 Å². The molecule has 2 aromatic rings. The average Bonchev–Trinajstić information content (AvgIpc) is 2.92. The number of benzene rings is 1. The molecule has 98 valence electrons. The molecule has 0 unspecified atom stereocenters. The fourth-order valence-electron chi connectivity index (χ4n) is 1.55. The molecule has 0 atom stereocenters. The zero-order valence-electron chi connectivity index (χ0n) is 10.7. The maximum atomic E-state index is 11.8. The van der Waals surface area contributed by atoms with Crippen molar-refractivity contribution < 1.29 is 9.59 Å². The number of hydrogen-bond donors (Lipinski definition) is 1. The first-order valence-corrected chi connectivity index (χ1v) is 6.65. The van der Waals surface area contributed by atoms with Gasteiger partial charge in [0.25, 0.3) is 5.91 Å². The molecule has 0 saturated carbocycles. The minimum Gasteiger partial charge on any atom is -0.321 e. The summed E-state index contributed by atoms with van der Waals surface area (Å²) in [4.78, 5) is 25.3. The predicted molar refractivity (Wildman–Crippen MR) is 77.8 cm³/mol. The summed E-state index contributed by atoms with van der Waals surface area (Å²) in [5, 5.41) is 4.67. The molecule has 0 aliphatic heterocycles. The van der Waals surface area contributed by atoms with Gasteiger partial charge in [0.2, 0.25) is 5.91 Å². The van der Waals surface area contributed by atoms with Crippen molar-refractivity contribution in [2.24, 2.45) is 0 Å². The highest BCUT2D eigenvalue weighted by Gasteiger charge is 2.08. The summed E-state index contributed by atoms with van der Waals surface area (Å²) in [5.74, 6) is -0.155. The molecular formula is C14H14N2O2S. The molecule has 19 heavy (non-hydrogen) atoms. The van der Waals surface area contributed by atoms with Crippen molar-refractivity contribution in [2.75, 3.05) is 17.3 Å². The summed E-state index contributed by atoms with van der Waals surface area (Å²) in [6.07, 6.45) is 0. The molecule has 1 aromatic heterocycles. The Morgan fingerprint density at radius 2 is 1.84 bits per heavy atom. The van der Waals surface area contributed by atoms with Gasteiger partial charge >= 0.3 is 0 Å². The van der Waals surface area contributed by atoms with Crippen molar-refractivity contribution >= 4 is 34.5 Å². The summed E-state index contributed by atoms with van der Waals surface area (Å²) < 4.78 is 0. The van der Waals surface area contributed by atoms with E-state index in [9.17, 15) is 9.59 Å². The van der Waals surface area contributed by atoms with Gasteiger partial charge in [-0.15, -0.1) is 11.3 Å². The number of nitrogens with one attached hydrogen (secondary N) is 1. The van der Waals surface area contributed by atoms with Crippen LogP contribution in [-0.4, -0.2) is 18.9 Å². The van der Waals surface area contributed by atoms with Crippen molar-refractivity contribution in [3.8, 4) is 0 Å². The molecule has 0 bridgehead atoms. The van der Waals surface area contributed by atoms with Gasteiger partial charge in [-0.1, -0.05) is 6.07 Å². The molecule has 5 heteroatoms. The first-order chi connectivity index (χ1) is 9.08. The van der Waals surface area contributed by atoms with Gasteiger partial charge < -0.3 is 10.2 Å². The minimum absolute atomic E-state index is 0.0321. The van der Waals surface area contributed by atoms with Crippen LogP contribution in [0, 0.1) is 0 Å². The third kappa shape index (κ3) is 3.20. The van der Waals surface area contributed by atoms with Crippen molar-refractivity contribution in [1.29, 1.82) is 0 Å². The Balaban J connectivity index is 2.07. The topological polar surface area (TPSA) is 49.4 Å². The number of anilines is 2. The second-order valence-corrected chi connectivity index (χ2v) is 5.00. The molecule has 4 nitrogen and oxygen atoms in total. The highest BCUT2D eigenvalue weighted by atomic mass is 32.1. The largest absolute Gasteiger partial charge is 0.321 e. The van der Waals surface area contributed by atoms with Crippen molar-refractivity contribution in [3.05, 3.63) is 46.7 Å². The predicted octanol–water partition coefficient (Wildman–Crippen LogP) is 2.98.